The number of amides is 1. The molecule has 0 bridgehead atoms. The zero-order valence-electron chi connectivity index (χ0n) is 10.2. The quantitative estimate of drug-likeness (QED) is 0.689. The topological polar surface area (TPSA) is 32.3 Å². The molecule has 3 heteroatoms. The van der Waals surface area contributed by atoms with Crippen molar-refractivity contribution in [3.8, 4) is 12.3 Å². The average molecular weight is 222 g/mol. The monoisotopic (exact) mass is 222 g/mol. The van der Waals surface area contributed by atoms with Crippen molar-refractivity contribution < 1.29 is 4.79 Å². The van der Waals surface area contributed by atoms with Gasteiger partial charge in [0.05, 0.1) is 0 Å². The molecule has 0 radical (unpaired) electrons. The fourth-order valence-corrected chi connectivity index (χ4v) is 2.10. The maximum Gasteiger partial charge on any atom is 0.223 e. The van der Waals surface area contributed by atoms with Gasteiger partial charge in [-0.05, 0) is 25.8 Å². The Kier molecular flexibility index (Phi) is 5.95. The molecule has 1 heterocycles. The molecule has 0 saturated carbocycles. The summed E-state index contributed by atoms with van der Waals surface area (Å²) in [6.45, 7) is 4.88. The van der Waals surface area contributed by atoms with E-state index in [1.165, 1.54) is 12.8 Å². The van der Waals surface area contributed by atoms with Crippen LogP contribution in [0.5, 0.6) is 0 Å². The number of hydrogen-bond donors (Lipinski definition) is 1. The van der Waals surface area contributed by atoms with E-state index in [4.69, 9.17) is 6.42 Å². The minimum Gasteiger partial charge on any atom is -0.341 e. The fourth-order valence-electron chi connectivity index (χ4n) is 2.10. The van der Waals surface area contributed by atoms with Gasteiger partial charge in [-0.2, -0.15) is 0 Å². The molecule has 1 fully saturated rings. The maximum absolute atomic E-state index is 11.9. The van der Waals surface area contributed by atoms with E-state index in [1.54, 1.807) is 0 Å². The van der Waals surface area contributed by atoms with E-state index in [1.807, 2.05) is 4.90 Å². The first-order valence-electron chi connectivity index (χ1n) is 6.22. The van der Waals surface area contributed by atoms with Crippen LogP contribution in [0, 0.1) is 12.3 Å². The van der Waals surface area contributed by atoms with Gasteiger partial charge in [0.1, 0.15) is 0 Å². The van der Waals surface area contributed by atoms with Crippen LogP contribution in [0.25, 0.3) is 0 Å². The second kappa shape index (κ2) is 7.29. The lowest BCUT2D eigenvalue weighted by molar-refractivity contribution is -0.131. The molecule has 0 spiro atoms. The van der Waals surface area contributed by atoms with Crippen LogP contribution in [0.4, 0.5) is 0 Å². The standard InChI is InChI=1S/C13H22N2O/c1-3-5-8-13(16)15(10-4-2)11-12-7-6-9-14-12/h1,12,14H,4-11H2,2H3. The van der Waals surface area contributed by atoms with Gasteiger partial charge in [-0.3, -0.25) is 4.79 Å². The van der Waals surface area contributed by atoms with Crippen molar-refractivity contribution in [3.63, 3.8) is 0 Å². The van der Waals surface area contributed by atoms with Gasteiger partial charge in [0.2, 0.25) is 5.91 Å². The van der Waals surface area contributed by atoms with E-state index in [2.05, 4.69) is 18.2 Å². The van der Waals surface area contributed by atoms with Gasteiger partial charge in [0.15, 0.2) is 0 Å². The van der Waals surface area contributed by atoms with Crippen molar-refractivity contribution in [1.82, 2.24) is 10.2 Å². The first-order chi connectivity index (χ1) is 7.77. The van der Waals surface area contributed by atoms with Gasteiger partial charge in [0.25, 0.3) is 0 Å². The molecule has 90 valence electrons. The number of carbonyl (C=O) groups is 1. The zero-order valence-corrected chi connectivity index (χ0v) is 10.2. The molecule has 1 atom stereocenters. The van der Waals surface area contributed by atoms with E-state index in [0.717, 1.165) is 26.1 Å². The highest BCUT2D eigenvalue weighted by atomic mass is 16.2. The highest BCUT2D eigenvalue weighted by molar-refractivity contribution is 5.76. The lowest BCUT2D eigenvalue weighted by Crippen LogP contribution is -2.41. The van der Waals surface area contributed by atoms with Gasteiger partial charge in [-0.25, -0.2) is 0 Å². The molecule has 1 rings (SSSR count). The number of hydrogen-bond acceptors (Lipinski definition) is 2. The minimum atomic E-state index is 0.202. The smallest absolute Gasteiger partial charge is 0.223 e. The van der Waals surface area contributed by atoms with Crippen molar-refractivity contribution in [2.75, 3.05) is 19.6 Å². The normalized spacial score (nSPS) is 19.4. The lowest BCUT2D eigenvalue weighted by atomic mass is 10.2. The summed E-state index contributed by atoms with van der Waals surface area (Å²) >= 11 is 0. The van der Waals surface area contributed by atoms with E-state index >= 15 is 0 Å². The number of nitrogens with zero attached hydrogens (tertiary/aromatic N) is 1. The molecule has 0 aromatic heterocycles. The second-order valence-corrected chi connectivity index (χ2v) is 4.34. The van der Waals surface area contributed by atoms with Crippen molar-refractivity contribution >= 4 is 5.91 Å². The van der Waals surface area contributed by atoms with Crippen LogP contribution in [0.3, 0.4) is 0 Å². The molecular formula is C13H22N2O. The second-order valence-electron chi connectivity index (χ2n) is 4.34. The van der Waals surface area contributed by atoms with Crippen LogP contribution in [0.15, 0.2) is 0 Å². The highest BCUT2D eigenvalue weighted by Gasteiger charge is 2.20. The van der Waals surface area contributed by atoms with Crippen LogP contribution in [-0.2, 0) is 4.79 Å². The van der Waals surface area contributed by atoms with Crippen LogP contribution < -0.4 is 5.32 Å². The molecule has 1 amide bonds. The van der Waals surface area contributed by atoms with Gasteiger partial charge in [-0.1, -0.05) is 6.92 Å². The third-order valence-corrected chi connectivity index (χ3v) is 2.93. The molecule has 1 aliphatic rings. The van der Waals surface area contributed by atoms with Crippen LogP contribution in [-0.4, -0.2) is 36.5 Å². The third-order valence-electron chi connectivity index (χ3n) is 2.93. The largest absolute Gasteiger partial charge is 0.341 e. The van der Waals surface area contributed by atoms with E-state index < -0.39 is 0 Å². The van der Waals surface area contributed by atoms with Gasteiger partial charge in [-0.15, -0.1) is 12.3 Å². The first kappa shape index (κ1) is 13.1. The summed E-state index contributed by atoms with van der Waals surface area (Å²) in [7, 11) is 0. The SMILES string of the molecule is C#CCCC(=O)N(CCC)CC1CCCN1. The Balaban J connectivity index is 2.39. The summed E-state index contributed by atoms with van der Waals surface area (Å²) in [6.07, 6.45) is 9.64. The predicted octanol–water partition coefficient (Wildman–Crippen LogP) is 1.39. The van der Waals surface area contributed by atoms with Gasteiger partial charge < -0.3 is 10.2 Å². The van der Waals surface area contributed by atoms with Crippen molar-refractivity contribution in [1.29, 1.82) is 0 Å². The average Bonchev–Trinajstić information content (AvgIpc) is 2.78. The maximum atomic E-state index is 11.9. The van der Waals surface area contributed by atoms with E-state index in [-0.39, 0.29) is 5.91 Å². The number of nitrogens with one attached hydrogen (secondary N) is 1. The molecule has 0 aromatic carbocycles. The Labute approximate surface area is 98.6 Å². The molecule has 1 N–H and O–H groups in total. The van der Waals surface area contributed by atoms with Crippen LogP contribution in [0.1, 0.15) is 39.0 Å². The Morgan fingerprint density at radius 2 is 2.44 bits per heavy atom. The Morgan fingerprint density at radius 1 is 1.62 bits per heavy atom. The molecule has 1 aliphatic heterocycles. The van der Waals surface area contributed by atoms with Crippen LogP contribution >= 0.6 is 0 Å². The van der Waals surface area contributed by atoms with Crippen molar-refractivity contribution in [2.45, 2.75) is 45.1 Å². The summed E-state index contributed by atoms with van der Waals surface area (Å²) in [6, 6.07) is 0.487. The number of carbonyl (C=O) groups excluding carboxylic acids is 1. The number of terminal acetylenes is 1. The molecule has 0 aliphatic carbocycles. The molecule has 1 saturated heterocycles. The number of rotatable bonds is 6. The zero-order chi connectivity index (χ0) is 11.8. The molecule has 16 heavy (non-hydrogen) atoms. The summed E-state index contributed by atoms with van der Waals surface area (Å²) in [4.78, 5) is 13.8. The lowest BCUT2D eigenvalue weighted by Gasteiger charge is -2.25. The Hall–Kier alpha value is -1.01. The Morgan fingerprint density at radius 3 is 3.00 bits per heavy atom. The summed E-state index contributed by atoms with van der Waals surface area (Å²) in [5.74, 6) is 2.73. The van der Waals surface area contributed by atoms with Gasteiger partial charge >= 0.3 is 0 Å². The highest BCUT2D eigenvalue weighted by Crippen LogP contribution is 2.09. The minimum absolute atomic E-state index is 0.202. The molecule has 1 unspecified atom stereocenters. The fraction of sp³-hybridized carbons (Fsp3) is 0.769. The van der Waals surface area contributed by atoms with E-state index in [9.17, 15) is 4.79 Å². The molecule has 3 nitrogen and oxygen atoms in total. The Bertz CT molecular complexity index is 251. The summed E-state index contributed by atoms with van der Waals surface area (Å²) in [5.41, 5.74) is 0. The van der Waals surface area contributed by atoms with Crippen molar-refractivity contribution in [2.24, 2.45) is 0 Å². The molecular weight excluding hydrogens is 200 g/mol. The van der Waals surface area contributed by atoms with E-state index in [0.29, 0.717) is 18.9 Å². The van der Waals surface area contributed by atoms with Gasteiger partial charge in [0, 0.05) is 32.0 Å². The van der Waals surface area contributed by atoms with Crippen LogP contribution in [0.2, 0.25) is 0 Å². The first-order valence-corrected chi connectivity index (χ1v) is 6.22. The summed E-state index contributed by atoms with van der Waals surface area (Å²) in [5, 5.41) is 3.42. The van der Waals surface area contributed by atoms with Crippen molar-refractivity contribution in [3.05, 3.63) is 0 Å². The molecule has 0 aromatic rings. The summed E-state index contributed by atoms with van der Waals surface area (Å²) < 4.78 is 0. The predicted molar refractivity (Wildman–Crippen MR) is 66.0 cm³/mol. The third kappa shape index (κ3) is 4.24.